The third-order valence-corrected chi connectivity index (χ3v) is 7.05. The first-order valence-electron chi connectivity index (χ1n) is 10.3. The van der Waals surface area contributed by atoms with Crippen molar-refractivity contribution in [2.75, 3.05) is 31.1 Å². The minimum Gasteiger partial charge on any atom is -0.341 e. The van der Waals surface area contributed by atoms with E-state index in [2.05, 4.69) is 32.9 Å². The molecule has 0 N–H and O–H groups in total. The molecule has 2 aliphatic heterocycles. The van der Waals surface area contributed by atoms with E-state index in [4.69, 9.17) is 4.99 Å². The van der Waals surface area contributed by atoms with E-state index in [1.54, 1.807) is 16.2 Å². The molecular weight excluding hydrogens is 382 g/mol. The minimum atomic E-state index is -0.111. The molecule has 0 unspecified atom stereocenters. The Bertz CT molecular complexity index is 986. The Morgan fingerprint density at radius 3 is 2.62 bits per heavy atom. The Hall–Kier alpha value is -2.47. The number of hydrogen-bond acceptors (Lipinski definition) is 4. The molecule has 2 aromatic rings. The van der Waals surface area contributed by atoms with E-state index in [0.717, 1.165) is 63.8 Å². The van der Waals surface area contributed by atoms with Gasteiger partial charge in [-0.3, -0.25) is 19.5 Å². The van der Waals surface area contributed by atoms with Crippen LogP contribution in [0.15, 0.2) is 29.3 Å². The highest BCUT2D eigenvalue weighted by molar-refractivity contribution is 7.17. The van der Waals surface area contributed by atoms with Crippen molar-refractivity contribution in [1.82, 2.24) is 4.90 Å². The molecule has 0 radical (unpaired) electrons. The van der Waals surface area contributed by atoms with Crippen LogP contribution >= 0.6 is 11.3 Å². The Kier molecular flexibility index (Phi) is 5.54. The molecule has 1 aromatic carbocycles. The fraction of sp³-hybridized carbons (Fsp3) is 0.435. The number of likely N-dealkylation sites (tertiary alicyclic amines) is 1. The number of amides is 2. The van der Waals surface area contributed by atoms with Crippen LogP contribution in [-0.2, 0) is 9.59 Å². The average Bonchev–Trinajstić information content (AvgIpc) is 2.93. The van der Waals surface area contributed by atoms with Gasteiger partial charge in [0.2, 0.25) is 11.8 Å². The largest absolute Gasteiger partial charge is 0.341 e. The standard InChI is InChI=1S/C23H27N3O2S/c1-15-8-7-9-18(12-15)22-21-16(2)17(3)29-23(21)26(19(27)13-24-22)14-20(28)25-10-5-4-6-11-25/h7-9,12H,4-6,10-11,13-14H2,1-3H3. The van der Waals surface area contributed by atoms with Crippen molar-refractivity contribution >= 4 is 33.9 Å². The topological polar surface area (TPSA) is 53.0 Å². The SMILES string of the molecule is Cc1cccc(C2=NCC(=O)N(CC(=O)N3CCCCC3)c3sc(C)c(C)c32)c1. The lowest BCUT2D eigenvalue weighted by atomic mass is 9.98. The first-order chi connectivity index (χ1) is 14.0. The quantitative estimate of drug-likeness (QED) is 0.773. The van der Waals surface area contributed by atoms with Crippen LogP contribution in [0, 0.1) is 20.8 Å². The van der Waals surface area contributed by atoms with Gasteiger partial charge in [0.25, 0.3) is 0 Å². The predicted octanol–water partition coefficient (Wildman–Crippen LogP) is 3.87. The summed E-state index contributed by atoms with van der Waals surface area (Å²) in [5.41, 5.74) is 5.16. The number of aryl methyl sites for hydroxylation is 2. The van der Waals surface area contributed by atoms with Crippen molar-refractivity contribution in [2.45, 2.75) is 40.0 Å². The molecule has 29 heavy (non-hydrogen) atoms. The second kappa shape index (κ2) is 8.11. The molecule has 4 rings (SSSR count). The number of anilines is 1. The van der Waals surface area contributed by atoms with Crippen LogP contribution in [0.4, 0.5) is 5.00 Å². The van der Waals surface area contributed by atoms with Gasteiger partial charge in [-0.1, -0.05) is 23.8 Å². The minimum absolute atomic E-state index is 0.0340. The third kappa shape index (κ3) is 3.86. The molecule has 2 aliphatic rings. The number of fused-ring (bicyclic) bond motifs is 1. The average molecular weight is 410 g/mol. The van der Waals surface area contributed by atoms with E-state index in [-0.39, 0.29) is 24.9 Å². The number of carbonyl (C=O) groups excluding carboxylic acids is 2. The molecular formula is C23H27N3O2S. The van der Waals surface area contributed by atoms with Gasteiger partial charge >= 0.3 is 0 Å². The number of benzene rings is 1. The fourth-order valence-corrected chi connectivity index (χ4v) is 5.24. The zero-order chi connectivity index (χ0) is 20.5. The van der Waals surface area contributed by atoms with Crippen molar-refractivity contribution in [3.63, 3.8) is 0 Å². The summed E-state index contributed by atoms with van der Waals surface area (Å²) in [7, 11) is 0. The second-order valence-electron chi connectivity index (χ2n) is 7.92. The van der Waals surface area contributed by atoms with Gasteiger partial charge in [0.05, 0.1) is 5.71 Å². The Morgan fingerprint density at radius 2 is 1.90 bits per heavy atom. The lowest BCUT2D eigenvalue weighted by Crippen LogP contribution is -2.45. The van der Waals surface area contributed by atoms with E-state index in [9.17, 15) is 9.59 Å². The Morgan fingerprint density at radius 1 is 1.14 bits per heavy atom. The molecule has 0 spiro atoms. The lowest BCUT2D eigenvalue weighted by Gasteiger charge is -2.29. The molecule has 1 saturated heterocycles. The summed E-state index contributed by atoms with van der Waals surface area (Å²) in [5, 5.41) is 0.855. The molecule has 3 heterocycles. The summed E-state index contributed by atoms with van der Waals surface area (Å²) in [6.45, 7) is 7.96. The molecule has 1 fully saturated rings. The molecule has 0 bridgehead atoms. The zero-order valence-corrected chi connectivity index (χ0v) is 18.1. The Labute approximate surface area is 176 Å². The maximum absolute atomic E-state index is 13.0. The highest BCUT2D eigenvalue weighted by Crippen LogP contribution is 2.38. The van der Waals surface area contributed by atoms with Crippen LogP contribution in [0.1, 0.15) is 46.4 Å². The van der Waals surface area contributed by atoms with Gasteiger partial charge < -0.3 is 4.90 Å². The summed E-state index contributed by atoms with van der Waals surface area (Å²) in [5.74, 6) is -0.0766. The van der Waals surface area contributed by atoms with Crippen LogP contribution in [-0.4, -0.2) is 48.6 Å². The van der Waals surface area contributed by atoms with E-state index >= 15 is 0 Å². The first kappa shape index (κ1) is 19.8. The van der Waals surface area contributed by atoms with E-state index < -0.39 is 0 Å². The van der Waals surface area contributed by atoms with Crippen LogP contribution in [0.2, 0.25) is 0 Å². The lowest BCUT2D eigenvalue weighted by molar-refractivity contribution is -0.132. The van der Waals surface area contributed by atoms with Crippen molar-refractivity contribution in [2.24, 2.45) is 4.99 Å². The van der Waals surface area contributed by atoms with Crippen molar-refractivity contribution in [3.05, 3.63) is 51.4 Å². The molecule has 5 nitrogen and oxygen atoms in total. The number of aliphatic imine (C=N–C) groups is 1. The summed E-state index contributed by atoms with van der Waals surface area (Å²) in [4.78, 5) is 35.4. The van der Waals surface area contributed by atoms with Crippen molar-refractivity contribution < 1.29 is 9.59 Å². The van der Waals surface area contributed by atoms with Crippen molar-refractivity contribution in [1.29, 1.82) is 0 Å². The summed E-state index contributed by atoms with van der Waals surface area (Å²) in [6.07, 6.45) is 3.26. The molecule has 0 atom stereocenters. The van der Waals surface area contributed by atoms with E-state index in [1.165, 1.54) is 6.42 Å². The molecule has 0 aliphatic carbocycles. The molecule has 1 aromatic heterocycles. The van der Waals surface area contributed by atoms with Crippen LogP contribution in [0.3, 0.4) is 0 Å². The highest BCUT2D eigenvalue weighted by atomic mass is 32.1. The number of thiophene rings is 1. The summed E-state index contributed by atoms with van der Waals surface area (Å²) in [6, 6.07) is 8.23. The third-order valence-electron chi connectivity index (χ3n) is 5.82. The van der Waals surface area contributed by atoms with Gasteiger partial charge in [-0.15, -0.1) is 11.3 Å². The van der Waals surface area contributed by atoms with Crippen molar-refractivity contribution in [3.8, 4) is 0 Å². The number of carbonyl (C=O) groups is 2. The number of rotatable bonds is 3. The maximum atomic E-state index is 13.0. The molecule has 0 saturated carbocycles. The van der Waals surface area contributed by atoms with E-state index in [0.29, 0.717) is 0 Å². The predicted molar refractivity (Wildman–Crippen MR) is 118 cm³/mol. The van der Waals surface area contributed by atoms with Crippen LogP contribution in [0.25, 0.3) is 0 Å². The zero-order valence-electron chi connectivity index (χ0n) is 17.3. The van der Waals surface area contributed by atoms with Crippen LogP contribution in [0.5, 0.6) is 0 Å². The first-order valence-corrected chi connectivity index (χ1v) is 11.1. The summed E-state index contributed by atoms with van der Waals surface area (Å²) >= 11 is 1.59. The number of nitrogens with zero attached hydrogens (tertiary/aromatic N) is 3. The van der Waals surface area contributed by atoms with Gasteiger partial charge in [-0.25, -0.2) is 0 Å². The highest BCUT2D eigenvalue weighted by Gasteiger charge is 2.32. The second-order valence-corrected chi connectivity index (χ2v) is 9.12. The van der Waals surface area contributed by atoms with Gasteiger partial charge in [-0.2, -0.15) is 0 Å². The summed E-state index contributed by atoms with van der Waals surface area (Å²) < 4.78 is 0. The molecule has 2 amide bonds. The normalized spacial score (nSPS) is 17.1. The van der Waals surface area contributed by atoms with Gasteiger partial charge in [0.15, 0.2) is 0 Å². The molecule has 152 valence electrons. The van der Waals surface area contributed by atoms with E-state index in [1.807, 2.05) is 17.0 Å². The van der Waals surface area contributed by atoms with Gasteiger partial charge in [0.1, 0.15) is 18.1 Å². The molecule has 6 heteroatoms. The number of hydrogen-bond donors (Lipinski definition) is 0. The van der Waals surface area contributed by atoms with Gasteiger partial charge in [-0.05, 0) is 51.7 Å². The Balaban J connectivity index is 1.73. The fourth-order valence-electron chi connectivity index (χ4n) is 4.07. The number of piperidine rings is 1. The smallest absolute Gasteiger partial charge is 0.249 e. The van der Waals surface area contributed by atoms with Gasteiger partial charge in [0, 0.05) is 29.1 Å². The monoisotopic (exact) mass is 409 g/mol. The van der Waals surface area contributed by atoms with Crippen LogP contribution < -0.4 is 4.90 Å². The maximum Gasteiger partial charge on any atom is 0.249 e.